The number of pyridine rings is 1. The van der Waals surface area contributed by atoms with Gasteiger partial charge in [-0.2, -0.15) is 0 Å². The van der Waals surface area contributed by atoms with Gasteiger partial charge in [-0.25, -0.2) is 14.4 Å². The van der Waals surface area contributed by atoms with Crippen LogP contribution in [-0.4, -0.2) is 15.0 Å². The quantitative estimate of drug-likeness (QED) is 0.645. The molecule has 6 heteroatoms. The van der Waals surface area contributed by atoms with Crippen molar-refractivity contribution < 1.29 is 4.39 Å². The Bertz CT molecular complexity index is 771. The van der Waals surface area contributed by atoms with Gasteiger partial charge in [0.05, 0.1) is 5.56 Å². The van der Waals surface area contributed by atoms with E-state index >= 15 is 0 Å². The van der Waals surface area contributed by atoms with Crippen LogP contribution in [0.4, 0.5) is 4.39 Å². The molecule has 0 aliphatic carbocycles. The second kappa shape index (κ2) is 5.76. The number of halogens is 3. The Hall–Kier alpha value is -2.04. The molecule has 3 nitrogen and oxygen atoms in total. The summed E-state index contributed by atoms with van der Waals surface area (Å²) >= 11 is 12.3. The molecule has 0 saturated heterocycles. The molecule has 0 saturated carbocycles. The summed E-state index contributed by atoms with van der Waals surface area (Å²) in [6.45, 7) is 0. The molecule has 0 aliphatic rings. The zero-order chi connectivity index (χ0) is 14.8. The topological polar surface area (TPSA) is 38.7 Å². The van der Waals surface area contributed by atoms with E-state index in [9.17, 15) is 4.39 Å². The Morgan fingerprint density at radius 3 is 2.24 bits per heavy atom. The van der Waals surface area contributed by atoms with Gasteiger partial charge >= 0.3 is 0 Å². The first-order valence-corrected chi connectivity index (χ1v) is 6.81. The summed E-state index contributed by atoms with van der Waals surface area (Å²) in [7, 11) is 0. The van der Waals surface area contributed by atoms with E-state index in [0.717, 1.165) is 0 Å². The van der Waals surface area contributed by atoms with Crippen molar-refractivity contribution in [3.63, 3.8) is 0 Å². The fourth-order valence-corrected chi connectivity index (χ4v) is 2.51. The summed E-state index contributed by atoms with van der Waals surface area (Å²) in [5, 5.41) is 0.193. The Balaban J connectivity index is 2.16. The maximum Gasteiger partial charge on any atom is 0.164 e. The molecule has 2 aromatic heterocycles. The highest BCUT2D eigenvalue weighted by atomic mass is 35.5. The molecule has 0 spiro atoms. The van der Waals surface area contributed by atoms with Gasteiger partial charge in [-0.05, 0) is 18.2 Å². The first-order valence-electron chi connectivity index (χ1n) is 6.05. The van der Waals surface area contributed by atoms with Crippen molar-refractivity contribution in [3.05, 3.63) is 64.9 Å². The van der Waals surface area contributed by atoms with Gasteiger partial charge in [0.2, 0.25) is 0 Å². The van der Waals surface area contributed by atoms with Gasteiger partial charge in [0.15, 0.2) is 5.82 Å². The summed E-state index contributed by atoms with van der Waals surface area (Å²) in [6.07, 6.45) is 3.24. The van der Waals surface area contributed by atoms with E-state index in [2.05, 4.69) is 15.0 Å². The van der Waals surface area contributed by atoms with Gasteiger partial charge in [-0.3, -0.25) is 4.98 Å². The monoisotopic (exact) mass is 319 g/mol. The number of hydrogen-bond acceptors (Lipinski definition) is 3. The molecule has 0 bridgehead atoms. The third-order valence-electron chi connectivity index (χ3n) is 2.88. The second-order valence-corrected chi connectivity index (χ2v) is 4.94. The fraction of sp³-hybridized carbons (Fsp3) is 0. The zero-order valence-electron chi connectivity index (χ0n) is 10.6. The van der Waals surface area contributed by atoms with E-state index < -0.39 is 5.82 Å². The Kier molecular flexibility index (Phi) is 3.82. The van der Waals surface area contributed by atoms with E-state index in [4.69, 9.17) is 23.2 Å². The van der Waals surface area contributed by atoms with E-state index in [1.165, 1.54) is 6.07 Å². The Labute approximate surface area is 130 Å². The lowest BCUT2D eigenvalue weighted by molar-refractivity contribution is 0.631. The normalized spacial score (nSPS) is 10.6. The summed E-state index contributed by atoms with van der Waals surface area (Å²) in [6, 6.07) is 9.74. The average Bonchev–Trinajstić information content (AvgIpc) is 2.49. The van der Waals surface area contributed by atoms with Crippen LogP contribution >= 0.6 is 23.2 Å². The molecule has 0 unspecified atom stereocenters. The zero-order valence-corrected chi connectivity index (χ0v) is 12.1. The van der Waals surface area contributed by atoms with Crippen LogP contribution < -0.4 is 0 Å². The molecule has 2 heterocycles. The molecule has 1 aromatic carbocycles. The maximum absolute atomic E-state index is 13.9. The Morgan fingerprint density at radius 2 is 1.62 bits per heavy atom. The average molecular weight is 320 g/mol. The highest BCUT2D eigenvalue weighted by Gasteiger charge is 2.17. The van der Waals surface area contributed by atoms with Crippen LogP contribution in [0, 0.1) is 5.82 Å². The van der Waals surface area contributed by atoms with Crippen molar-refractivity contribution in [2.75, 3.05) is 0 Å². The fourth-order valence-electron chi connectivity index (χ4n) is 1.92. The van der Waals surface area contributed by atoms with Gasteiger partial charge in [-0.15, -0.1) is 0 Å². The van der Waals surface area contributed by atoms with Crippen LogP contribution in [0.5, 0.6) is 0 Å². The predicted octanol–water partition coefficient (Wildman–Crippen LogP) is 4.65. The minimum Gasteiger partial charge on any atom is -0.264 e. The number of hydrogen-bond donors (Lipinski definition) is 0. The van der Waals surface area contributed by atoms with E-state index in [1.807, 2.05) is 0 Å². The van der Waals surface area contributed by atoms with Crippen molar-refractivity contribution in [2.24, 2.45) is 0 Å². The summed E-state index contributed by atoms with van der Waals surface area (Å²) < 4.78 is 13.9. The number of benzene rings is 1. The van der Waals surface area contributed by atoms with Crippen molar-refractivity contribution in [3.8, 4) is 22.5 Å². The number of nitrogens with zero attached hydrogens (tertiary/aromatic N) is 3. The summed E-state index contributed by atoms with van der Waals surface area (Å²) in [4.78, 5) is 12.4. The van der Waals surface area contributed by atoms with Gasteiger partial charge < -0.3 is 0 Å². The van der Waals surface area contributed by atoms with Crippen LogP contribution in [0.2, 0.25) is 10.3 Å². The first-order chi connectivity index (χ1) is 10.2. The van der Waals surface area contributed by atoms with Gasteiger partial charge in [0.1, 0.15) is 16.1 Å². The second-order valence-electron chi connectivity index (χ2n) is 4.23. The van der Waals surface area contributed by atoms with E-state index in [-0.39, 0.29) is 21.4 Å². The highest BCUT2D eigenvalue weighted by Crippen LogP contribution is 2.35. The largest absolute Gasteiger partial charge is 0.264 e. The van der Waals surface area contributed by atoms with Crippen molar-refractivity contribution in [2.45, 2.75) is 0 Å². The molecule has 0 fully saturated rings. The molecule has 3 aromatic rings. The molecule has 0 radical (unpaired) electrons. The smallest absolute Gasteiger partial charge is 0.164 e. The van der Waals surface area contributed by atoms with Gasteiger partial charge in [0, 0.05) is 23.5 Å². The lowest BCUT2D eigenvalue weighted by atomic mass is 10.1. The molecule has 104 valence electrons. The molecule has 0 aliphatic heterocycles. The van der Waals surface area contributed by atoms with E-state index in [1.54, 1.807) is 42.7 Å². The standard InChI is InChI=1S/C15H8Cl2FN3/c16-13-12(10-5-1-2-6-11(10)18)14(17)21-15(20-13)9-4-3-7-19-8-9/h1-8H. The number of rotatable bonds is 2. The molecular formula is C15H8Cl2FN3. The first kappa shape index (κ1) is 13.9. The van der Waals surface area contributed by atoms with Crippen LogP contribution in [0.1, 0.15) is 0 Å². The van der Waals surface area contributed by atoms with E-state index in [0.29, 0.717) is 11.4 Å². The molecule has 0 atom stereocenters. The lowest BCUT2D eigenvalue weighted by Gasteiger charge is -2.09. The van der Waals surface area contributed by atoms with Crippen molar-refractivity contribution >= 4 is 23.2 Å². The maximum atomic E-state index is 13.9. The molecule has 21 heavy (non-hydrogen) atoms. The minimum atomic E-state index is -0.431. The van der Waals surface area contributed by atoms with Crippen LogP contribution in [0.25, 0.3) is 22.5 Å². The molecule has 0 amide bonds. The third kappa shape index (κ3) is 2.73. The van der Waals surface area contributed by atoms with Gasteiger partial charge in [0.25, 0.3) is 0 Å². The van der Waals surface area contributed by atoms with Crippen molar-refractivity contribution in [1.29, 1.82) is 0 Å². The Morgan fingerprint density at radius 1 is 0.905 bits per heavy atom. The number of aromatic nitrogens is 3. The third-order valence-corrected chi connectivity index (χ3v) is 3.43. The summed E-state index contributed by atoms with van der Waals surface area (Å²) in [5.74, 6) is -0.0859. The molecular weight excluding hydrogens is 312 g/mol. The molecule has 3 rings (SSSR count). The summed E-state index contributed by atoms with van der Waals surface area (Å²) in [5.41, 5.74) is 1.23. The molecule has 0 N–H and O–H groups in total. The highest BCUT2D eigenvalue weighted by molar-refractivity contribution is 6.37. The SMILES string of the molecule is Fc1ccccc1-c1c(Cl)nc(-c2cccnc2)nc1Cl. The van der Waals surface area contributed by atoms with Crippen LogP contribution in [-0.2, 0) is 0 Å². The van der Waals surface area contributed by atoms with Crippen LogP contribution in [0.15, 0.2) is 48.8 Å². The van der Waals surface area contributed by atoms with Gasteiger partial charge in [-0.1, -0.05) is 41.4 Å². The lowest BCUT2D eigenvalue weighted by Crippen LogP contribution is -1.96. The van der Waals surface area contributed by atoms with Crippen molar-refractivity contribution in [1.82, 2.24) is 15.0 Å². The minimum absolute atomic E-state index is 0.0963. The predicted molar refractivity (Wildman–Crippen MR) is 80.7 cm³/mol. The van der Waals surface area contributed by atoms with Crippen LogP contribution in [0.3, 0.4) is 0 Å².